The van der Waals surface area contributed by atoms with E-state index in [1.54, 1.807) is 0 Å². The molecular formula is C17H29NO4. The van der Waals surface area contributed by atoms with E-state index in [1.165, 1.54) is 0 Å². The van der Waals surface area contributed by atoms with Crippen LogP contribution in [0.3, 0.4) is 0 Å². The Labute approximate surface area is 133 Å². The van der Waals surface area contributed by atoms with Gasteiger partial charge >= 0.3 is 0 Å². The lowest BCUT2D eigenvalue weighted by atomic mass is 9.87. The van der Waals surface area contributed by atoms with Gasteiger partial charge < -0.3 is 19.1 Å². The molecule has 0 aromatic rings. The third kappa shape index (κ3) is 2.57. The fourth-order valence-electron chi connectivity index (χ4n) is 4.04. The Morgan fingerprint density at radius 1 is 1.32 bits per heavy atom. The molecule has 1 unspecified atom stereocenters. The molecule has 5 heteroatoms. The second kappa shape index (κ2) is 6.46. The van der Waals surface area contributed by atoms with Gasteiger partial charge in [-0.05, 0) is 26.2 Å². The summed E-state index contributed by atoms with van der Waals surface area (Å²) in [6, 6.07) is 0.0478. The molecule has 3 rings (SSSR count). The molecule has 1 amide bonds. The first kappa shape index (κ1) is 16.2. The standard InChI is InChI=1S/C17H29NO4/c1-4-6-8-14-18-13(11-21-14)17(3)12(16(18)19)10-15(22-17)20-9-7-5-2/h12-15H,4-11H2,1-3H3/t12-,13-,14-,15?,17-/m0/s1. The van der Waals surface area contributed by atoms with E-state index in [9.17, 15) is 4.79 Å². The van der Waals surface area contributed by atoms with Crippen LogP contribution in [0, 0.1) is 5.92 Å². The molecule has 5 nitrogen and oxygen atoms in total. The van der Waals surface area contributed by atoms with Gasteiger partial charge in [-0.3, -0.25) is 4.79 Å². The maximum atomic E-state index is 12.8. The Morgan fingerprint density at radius 3 is 2.82 bits per heavy atom. The topological polar surface area (TPSA) is 48.0 Å². The molecule has 3 heterocycles. The quantitative estimate of drug-likeness (QED) is 0.678. The van der Waals surface area contributed by atoms with Gasteiger partial charge in [-0.25, -0.2) is 0 Å². The Balaban J connectivity index is 1.65. The highest BCUT2D eigenvalue weighted by atomic mass is 16.7. The summed E-state index contributed by atoms with van der Waals surface area (Å²) in [5.74, 6) is 0.129. The summed E-state index contributed by atoms with van der Waals surface area (Å²) >= 11 is 0. The smallest absolute Gasteiger partial charge is 0.231 e. The SMILES string of the molecule is CCCCOC1C[C@H]2C(=O)N3[C@H](CCCC)OC[C@H]3[C@@]2(C)O1. The van der Waals surface area contributed by atoms with Crippen molar-refractivity contribution in [3.8, 4) is 0 Å². The molecule has 3 aliphatic heterocycles. The zero-order valence-electron chi connectivity index (χ0n) is 14.0. The van der Waals surface area contributed by atoms with Crippen LogP contribution in [0.2, 0.25) is 0 Å². The predicted molar refractivity (Wildman–Crippen MR) is 82.1 cm³/mol. The van der Waals surface area contributed by atoms with Gasteiger partial charge in [0, 0.05) is 13.0 Å². The van der Waals surface area contributed by atoms with E-state index in [-0.39, 0.29) is 30.4 Å². The second-order valence-corrected chi connectivity index (χ2v) is 6.94. The number of nitrogens with zero attached hydrogens (tertiary/aromatic N) is 1. The highest BCUT2D eigenvalue weighted by molar-refractivity contribution is 5.84. The van der Waals surface area contributed by atoms with Gasteiger partial charge in [0.05, 0.1) is 18.6 Å². The van der Waals surface area contributed by atoms with Crippen molar-refractivity contribution < 1.29 is 19.0 Å². The molecule has 0 N–H and O–H groups in total. The Kier molecular flexibility index (Phi) is 4.76. The van der Waals surface area contributed by atoms with Crippen molar-refractivity contribution in [2.75, 3.05) is 13.2 Å². The van der Waals surface area contributed by atoms with Gasteiger partial charge in [-0.15, -0.1) is 0 Å². The molecule has 22 heavy (non-hydrogen) atoms. The largest absolute Gasteiger partial charge is 0.356 e. The first-order valence-corrected chi connectivity index (χ1v) is 8.85. The van der Waals surface area contributed by atoms with Crippen molar-refractivity contribution in [1.82, 2.24) is 4.90 Å². The fraction of sp³-hybridized carbons (Fsp3) is 0.941. The minimum atomic E-state index is -0.449. The minimum Gasteiger partial charge on any atom is -0.356 e. The van der Waals surface area contributed by atoms with Crippen molar-refractivity contribution in [3.63, 3.8) is 0 Å². The van der Waals surface area contributed by atoms with E-state index in [0.717, 1.165) is 32.1 Å². The number of hydrogen-bond donors (Lipinski definition) is 0. The molecule has 0 aromatic heterocycles. The monoisotopic (exact) mass is 311 g/mol. The van der Waals surface area contributed by atoms with Gasteiger partial charge in [0.25, 0.3) is 0 Å². The first-order chi connectivity index (χ1) is 10.6. The highest BCUT2D eigenvalue weighted by Gasteiger charge is 2.65. The Bertz CT molecular complexity index is 415. The summed E-state index contributed by atoms with van der Waals surface area (Å²) < 4.78 is 17.9. The number of ether oxygens (including phenoxy) is 3. The van der Waals surface area contributed by atoms with Crippen LogP contribution < -0.4 is 0 Å². The molecule has 3 fully saturated rings. The van der Waals surface area contributed by atoms with Crippen LogP contribution in [0.5, 0.6) is 0 Å². The first-order valence-electron chi connectivity index (χ1n) is 8.85. The zero-order valence-corrected chi connectivity index (χ0v) is 14.0. The molecule has 0 saturated carbocycles. The van der Waals surface area contributed by atoms with Gasteiger partial charge in [-0.2, -0.15) is 0 Å². The molecule has 0 spiro atoms. The molecule has 0 radical (unpaired) electrons. The van der Waals surface area contributed by atoms with Crippen molar-refractivity contribution in [2.45, 2.75) is 83.5 Å². The summed E-state index contributed by atoms with van der Waals surface area (Å²) in [6.45, 7) is 7.67. The third-order valence-corrected chi connectivity index (χ3v) is 5.42. The number of carbonyl (C=O) groups excluding carboxylic acids is 1. The van der Waals surface area contributed by atoms with E-state index >= 15 is 0 Å². The highest BCUT2D eigenvalue weighted by Crippen LogP contribution is 2.50. The summed E-state index contributed by atoms with van der Waals surface area (Å²) in [4.78, 5) is 14.8. The average Bonchev–Trinajstić information content (AvgIpc) is 3.11. The summed E-state index contributed by atoms with van der Waals surface area (Å²) in [7, 11) is 0. The van der Waals surface area contributed by atoms with Crippen LogP contribution in [-0.2, 0) is 19.0 Å². The van der Waals surface area contributed by atoms with Crippen LogP contribution in [0.4, 0.5) is 0 Å². The summed E-state index contributed by atoms with van der Waals surface area (Å²) in [6.07, 6.45) is 5.68. The zero-order chi connectivity index (χ0) is 15.7. The molecule has 0 aliphatic carbocycles. The van der Waals surface area contributed by atoms with E-state index in [1.807, 2.05) is 4.90 Å². The number of carbonyl (C=O) groups is 1. The van der Waals surface area contributed by atoms with E-state index in [2.05, 4.69) is 20.8 Å². The predicted octanol–water partition coefficient (Wildman–Crippen LogP) is 2.68. The molecule has 126 valence electrons. The van der Waals surface area contributed by atoms with Crippen molar-refractivity contribution in [1.29, 1.82) is 0 Å². The lowest BCUT2D eigenvalue weighted by molar-refractivity contribution is -0.174. The van der Waals surface area contributed by atoms with Gasteiger partial charge in [-0.1, -0.05) is 26.7 Å². The molecular weight excluding hydrogens is 282 g/mol. The van der Waals surface area contributed by atoms with Crippen LogP contribution in [-0.4, -0.2) is 48.2 Å². The molecule has 5 atom stereocenters. The van der Waals surface area contributed by atoms with Crippen molar-refractivity contribution in [3.05, 3.63) is 0 Å². The van der Waals surface area contributed by atoms with Gasteiger partial charge in [0.1, 0.15) is 11.8 Å². The molecule has 3 aliphatic rings. The van der Waals surface area contributed by atoms with E-state index in [4.69, 9.17) is 14.2 Å². The Morgan fingerprint density at radius 2 is 2.09 bits per heavy atom. The van der Waals surface area contributed by atoms with Crippen LogP contribution in [0.15, 0.2) is 0 Å². The van der Waals surface area contributed by atoms with Crippen molar-refractivity contribution >= 4 is 5.91 Å². The number of amides is 1. The number of fused-ring (bicyclic) bond motifs is 3. The number of rotatable bonds is 7. The van der Waals surface area contributed by atoms with E-state index in [0.29, 0.717) is 19.6 Å². The lowest BCUT2D eigenvalue weighted by Gasteiger charge is -2.30. The maximum absolute atomic E-state index is 12.8. The molecule has 3 saturated heterocycles. The Hall–Kier alpha value is -0.650. The van der Waals surface area contributed by atoms with E-state index < -0.39 is 5.60 Å². The average molecular weight is 311 g/mol. The second-order valence-electron chi connectivity index (χ2n) is 6.94. The summed E-state index contributed by atoms with van der Waals surface area (Å²) in [5.41, 5.74) is -0.449. The fourth-order valence-corrected chi connectivity index (χ4v) is 4.04. The van der Waals surface area contributed by atoms with Crippen LogP contribution >= 0.6 is 0 Å². The normalized spacial score (nSPS) is 40.3. The third-order valence-electron chi connectivity index (χ3n) is 5.42. The number of hydrogen-bond acceptors (Lipinski definition) is 4. The molecule has 0 bridgehead atoms. The minimum absolute atomic E-state index is 0.0478. The van der Waals surface area contributed by atoms with Crippen LogP contribution in [0.1, 0.15) is 59.3 Å². The van der Waals surface area contributed by atoms with Crippen LogP contribution in [0.25, 0.3) is 0 Å². The van der Waals surface area contributed by atoms with Gasteiger partial charge in [0.15, 0.2) is 6.29 Å². The maximum Gasteiger partial charge on any atom is 0.231 e. The number of unbranched alkanes of at least 4 members (excludes halogenated alkanes) is 2. The molecule has 0 aromatic carbocycles. The van der Waals surface area contributed by atoms with Crippen molar-refractivity contribution in [2.24, 2.45) is 5.92 Å². The lowest BCUT2D eigenvalue weighted by Crippen LogP contribution is -2.45. The summed E-state index contributed by atoms with van der Waals surface area (Å²) in [5, 5.41) is 0. The van der Waals surface area contributed by atoms with Gasteiger partial charge in [0.2, 0.25) is 5.91 Å².